The first-order valence-electron chi connectivity index (χ1n) is 5.25. The molecular weight excluding hydrogens is 202 g/mol. The SMILES string of the molecule is COCCOCCCNCCCCCl. The Morgan fingerprint density at radius 1 is 1.00 bits per heavy atom. The molecule has 0 aliphatic heterocycles. The second-order valence-corrected chi connectivity index (χ2v) is 3.48. The molecule has 0 heterocycles. The maximum Gasteiger partial charge on any atom is 0.0700 e. The van der Waals surface area contributed by atoms with Crippen molar-refractivity contribution in [2.45, 2.75) is 19.3 Å². The zero-order valence-corrected chi connectivity index (χ0v) is 9.81. The normalized spacial score (nSPS) is 10.7. The smallest absolute Gasteiger partial charge is 0.0700 e. The molecule has 0 aliphatic carbocycles. The van der Waals surface area contributed by atoms with E-state index in [1.165, 1.54) is 0 Å². The van der Waals surface area contributed by atoms with Crippen LogP contribution in [0.5, 0.6) is 0 Å². The molecule has 1 N–H and O–H groups in total. The van der Waals surface area contributed by atoms with E-state index in [9.17, 15) is 0 Å². The summed E-state index contributed by atoms with van der Waals surface area (Å²) in [7, 11) is 1.68. The van der Waals surface area contributed by atoms with Crippen LogP contribution in [0.3, 0.4) is 0 Å². The molecule has 0 atom stereocenters. The number of ether oxygens (including phenoxy) is 2. The number of alkyl halides is 1. The van der Waals surface area contributed by atoms with E-state index in [0.29, 0.717) is 13.2 Å². The molecule has 0 aliphatic rings. The largest absolute Gasteiger partial charge is 0.382 e. The van der Waals surface area contributed by atoms with E-state index in [-0.39, 0.29) is 0 Å². The van der Waals surface area contributed by atoms with E-state index >= 15 is 0 Å². The second kappa shape index (κ2) is 13.2. The molecule has 0 aromatic carbocycles. The fraction of sp³-hybridized carbons (Fsp3) is 1.00. The van der Waals surface area contributed by atoms with Gasteiger partial charge in [-0.05, 0) is 32.4 Å². The number of unbranched alkanes of at least 4 members (excludes halogenated alkanes) is 1. The highest BCUT2D eigenvalue weighted by Gasteiger charge is 1.90. The zero-order chi connectivity index (χ0) is 10.5. The van der Waals surface area contributed by atoms with Crippen LogP contribution in [0.1, 0.15) is 19.3 Å². The van der Waals surface area contributed by atoms with Crippen molar-refractivity contribution in [1.29, 1.82) is 0 Å². The Hall–Kier alpha value is 0.170. The van der Waals surface area contributed by atoms with Gasteiger partial charge in [-0.1, -0.05) is 0 Å². The molecule has 0 radical (unpaired) electrons. The van der Waals surface area contributed by atoms with Gasteiger partial charge in [0.25, 0.3) is 0 Å². The molecule has 0 unspecified atom stereocenters. The molecule has 0 saturated heterocycles. The third kappa shape index (κ3) is 12.2. The maximum atomic E-state index is 5.55. The number of nitrogens with one attached hydrogen (secondary N) is 1. The van der Waals surface area contributed by atoms with Gasteiger partial charge < -0.3 is 14.8 Å². The Bertz CT molecular complexity index is 92.1. The first-order valence-corrected chi connectivity index (χ1v) is 5.78. The fourth-order valence-corrected chi connectivity index (χ4v) is 1.20. The highest BCUT2D eigenvalue weighted by atomic mass is 35.5. The number of halogens is 1. The molecule has 0 amide bonds. The van der Waals surface area contributed by atoms with Crippen molar-refractivity contribution in [2.75, 3.05) is 45.9 Å². The van der Waals surface area contributed by atoms with Crippen molar-refractivity contribution >= 4 is 11.6 Å². The van der Waals surface area contributed by atoms with Crippen LogP contribution in [0.25, 0.3) is 0 Å². The molecule has 4 heteroatoms. The van der Waals surface area contributed by atoms with Crippen LogP contribution < -0.4 is 5.32 Å². The highest BCUT2D eigenvalue weighted by Crippen LogP contribution is 1.89. The summed E-state index contributed by atoms with van der Waals surface area (Å²) in [4.78, 5) is 0. The Balaban J connectivity index is 2.78. The van der Waals surface area contributed by atoms with Crippen LogP contribution in [0.2, 0.25) is 0 Å². The van der Waals surface area contributed by atoms with Crippen LogP contribution in [0, 0.1) is 0 Å². The standard InChI is InChI=1S/C10H22ClNO2/c1-13-9-10-14-8-4-7-12-6-3-2-5-11/h12H,2-10H2,1H3. The van der Waals surface area contributed by atoms with Gasteiger partial charge in [0.15, 0.2) is 0 Å². The quantitative estimate of drug-likeness (QED) is 0.427. The zero-order valence-electron chi connectivity index (χ0n) is 9.06. The topological polar surface area (TPSA) is 30.5 Å². The third-order valence-corrected chi connectivity index (χ3v) is 2.08. The molecule has 0 spiro atoms. The molecule has 86 valence electrons. The molecule has 3 nitrogen and oxygen atoms in total. The average molecular weight is 224 g/mol. The summed E-state index contributed by atoms with van der Waals surface area (Å²) in [5, 5.41) is 3.34. The lowest BCUT2D eigenvalue weighted by atomic mass is 10.3. The van der Waals surface area contributed by atoms with Crippen LogP contribution in [-0.2, 0) is 9.47 Å². The summed E-state index contributed by atoms with van der Waals surface area (Å²) in [5.74, 6) is 0.766. The second-order valence-electron chi connectivity index (χ2n) is 3.10. The molecule has 0 bridgehead atoms. The number of methoxy groups -OCH3 is 1. The number of rotatable bonds is 11. The van der Waals surface area contributed by atoms with Crippen molar-refractivity contribution in [1.82, 2.24) is 5.32 Å². The van der Waals surface area contributed by atoms with Gasteiger partial charge in [-0.2, -0.15) is 0 Å². The molecule has 14 heavy (non-hydrogen) atoms. The average Bonchev–Trinajstić information content (AvgIpc) is 2.21. The van der Waals surface area contributed by atoms with Crippen molar-refractivity contribution in [3.8, 4) is 0 Å². The van der Waals surface area contributed by atoms with Gasteiger partial charge in [0, 0.05) is 19.6 Å². The molecular formula is C10H22ClNO2. The van der Waals surface area contributed by atoms with Crippen molar-refractivity contribution in [3.63, 3.8) is 0 Å². The fourth-order valence-electron chi connectivity index (χ4n) is 1.01. The maximum absolute atomic E-state index is 5.55. The van der Waals surface area contributed by atoms with E-state index in [4.69, 9.17) is 21.1 Å². The van der Waals surface area contributed by atoms with E-state index in [1.807, 2.05) is 0 Å². The monoisotopic (exact) mass is 223 g/mol. The van der Waals surface area contributed by atoms with Gasteiger partial charge in [0.2, 0.25) is 0 Å². The Labute approximate surface area is 92.1 Å². The lowest BCUT2D eigenvalue weighted by molar-refractivity contribution is 0.0695. The predicted molar refractivity (Wildman–Crippen MR) is 60.1 cm³/mol. The van der Waals surface area contributed by atoms with Gasteiger partial charge in [-0.15, -0.1) is 11.6 Å². The summed E-state index contributed by atoms with van der Waals surface area (Å²) >= 11 is 5.55. The minimum atomic E-state index is 0.684. The van der Waals surface area contributed by atoms with Crippen molar-refractivity contribution in [3.05, 3.63) is 0 Å². The van der Waals surface area contributed by atoms with Crippen LogP contribution >= 0.6 is 11.6 Å². The van der Waals surface area contributed by atoms with Gasteiger partial charge in [0.05, 0.1) is 13.2 Å². The van der Waals surface area contributed by atoms with Gasteiger partial charge in [-0.25, -0.2) is 0 Å². The third-order valence-electron chi connectivity index (χ3n) is 1.81. The van der Waals surface area contributed by atoms with Crippen LogP contribution in [0.15, 0.2) is 0 Å². The van der Waals surface area contributed by atoms with E-state index in [2.05, 4.69) is 5.32 Å². The predicted octanol–water partition coefficient (Wildman–Crippen LogP) is 1.65. The first-order chi connectivity index (χ1) is 6.91. The summed E-state index contributed by atoms with van der Waals surface area (Å²) in [6.07, 6.45) is 3.32. The molecule has 0 saturated carbocycles. The van der Waals surface area contributed by atoms with Gasteiger partial charge in [0.1, 0.15) is 0 Å². The van der Waals surface area contributed by atoms with E-state index in [1.54, 1.807) is 7.11 Å². The molecule has 0 aromatic rings. The van der Waals surface area contributed by atoms with Crippen LogP contribution in [0.4, 0.5) is 0 Å². The summed E-state index contributed by atoms with van der Waals surface area (Å²) < 4.78 is 10.2. The van der Waals surface area contributed by atoms with Gasteiger partial charge in [-0.3, -0.25) is 0 Å². The Morgan fingerprint density at radius 3 is 2.50 bits per heavy atom. The lowest BCUT2D eigenvalue weighted by Gasteiger charge is -2.05. The van der Waals surface area contributed by atoms with Gasteiger partial charge >= 0.3 is 0 Å². The number of hydrogen-bond donors (Lipinski definition) is 1. The lowest BCUT2D eigenvalue weighted by Crippen LogP contribution is -2.18. The van der Waals surface area contributed by atoms with E-state index in [0.717, 1.165) is 44.8 Å². The summed E-state index contributed by atoms with van der Waals surface area (Å²) in [6, 6.07) is 0. The number of hydrogen-bond acceptors (Lipinski definition) is 3. The van der Waals surface area contributed by atoms with Crippen LogP contribution in [-0.4, -0.2) is 45.9 Å². The Kier molecular flexibility index (Phi) is 13.3. The molecule has 0 rings (SSSR count). The molecule has 0 fully saturated rings. The van der Waals surface area contributed by atoms with Crippen molar-refractivity contribution in [2.24, 2.45) is 0 Å². The first kappa shape index (κ1) is 14.2. The van der Waals surface area contributed by atoms with E-state index < -0.39 is 0 Å². The summed E-state index contributed by atoms with van der Waals surface area (Å²) in [5.41, 5.74) is 0. The minimum absolute atomic E-state index is 0.684. The molecule has 0 aromatic heterocycles. The highest BCUT2D eigenvalue weighted by molar-refractivity contribution is 6.17. The Morgan fingerprint density at radius 2 is 1.79 bits per heavy atom. The minimum Gasteiger partial charge on any atom is -0.382 e. The van der Waals surface area contributed by atoms with Crippen molar-refractivity contribution < 1.29 is 9.47 Å². The summed E-state index contributed by atoms with van der Waals surface area (Å²) in [6.45, 7) is 4.28.